The monoisotopic (exact) mass is 424 g/mol. The molecule has 5 heteroatoms. The van der Waals surface area contributed by atoms with E-state index < -0.39 is 0 Å². The molecule has 0 atom stereocenters. The predicted octanol–water partition coefficient (Wildman–Crippen LogP) is 5.91. The number of hydrazone groups is 1. The number of hydrogen-bond donors (Lipinski definition) is 1. The van der Waals surface area contributed by atoms with E-state index in [1.165, 1.54) is 38.5 Å². The SMILES string of the molecule is CCCCCCCCCOc1ccc(/C=N\NC(=O)Cc2ccccc2)cc1OCC. The van der Waals surface area contributed by atoms with Crippen molar-refractivity contribution in [2.45, 2.75) is 65.2 Å². The van der Waals surface area contributed by atoms with Crippen molar-refractivity contribution in [3.63, 3.8) is 0 Å². The van der Waals surface area contributed by atoms with E-state index >= 15 is 0 Å². The first-order valence-corrected chi connectivity index (χ1v) is 11.5. The number of carbonyl (C=O) groups excluding carboxylic acids is 1. The molecule has 0 radical (unpaired) electrons. The largest absolute Gasteiger partial charge is 0.490 e. The average molecular weight is 425 g/mol. The van der Waals surface area contributed by atoms with Crippen molar-refractivity contribution >= 4 is 12.1 Å². The second-order valence-electron chi connectivity index (χ2n) is 7.56. The van der Waals surface area contributed by atoms with Crippen molar-refractivity contribution in [2.24, 2.45) is 5.10 Å². The van der Waals surface area contributed by atoms with Gasteiger partial charge in [0.15, 0.2) is 11.5 Å². The molecule has 0 unspecified atom stereocenters. The standard InChI is InChI=1S/C26H36N2O3/c1-3-5-6-7-8-9-13-18-31-24-17-16-23(19-25(24)30-4-2)21-27-28-26(29)20-22-14-11-10-12-15-22/h10-12,14-17,19,21H,3-9,13,18,20H2,1-2H3,(H,28,29)/b27-21-. The molecular formula is C26H36N2O3. The van der Waals surface area contributed by atoms with Crippen molar-refractivity contribution in [3.05, 3.63) is 59.7 Å². The fourth-order valence-corrected chi connectivity index (χ4v) is 3.23. The summed E-state index contributed by atoms with van der Waals surface area (Å²) in [7, 11) is 0. The summed E-state index contributed by atoms with van der Waals surface area (Å²) in [5.74, 6) is 1.30. The van der Waals surface area contributed by atoms with E-state index in [4.69, 9.17) is 9.47 Å². The number of unbranched alkanes of at least 4 members (excludes halogenated alkanes) is 6. The Hall–Kier alpha value is -2.82. The van der Waals surface area contributed by atoms with E-state index in [1.54, 1.807) is 6.21 Å². The number of hydrogen-bond acceptors (Lipinski definition) is 4. The lowest BCUT2D eigenvalue weighted by Gasteiger charge is -2.12. The average Bonchev–Trinajstić information content (AvgIpc) is 2.77. The lowest BCUT2D eigenvalue weighted by molar-refractivity contribution is -0.120. The molecular weight excluding hydrogens is 388 g/mol. The zero-order valence-electron chi connectivity index (χ0n) is 18.9. The number of amides is 1. The highest BCUT2D eigenvalue weighted by molar-refractivity contribution is 5.84. The Morgan fingerprint density at radius 3 is 2.39 bits per heavy atom. The lowest BCUT2D eigenvalue weighted by atomic mass is 10.1. The third kappa shape index (κ3) is 10.2. The van der Waals surface area contributed by atoms with Crippen molar-refractivity contribution in [2.75, 3.05) is 13.2 Å². The van der Waals surface area contributed by atoms with Crippen LogP contribution in [0, 0.1) is 0 Å². The van der Waals surface area contributed by atoms with Gasteiger partial charge < -0.3 is 9.47 Å². The number of nitrogens with one attached hydrogen (secondary N) is 1. The molecule has 0 saturated carbocycles. The summed E-state index contributed by atoms with van der Waals surface area (Å²) >= 11 is 0. The van der Waals surface area contributed by atoms with Crippen LogP contribution in [0.2, 0.25) is 0 Å². The second kappa shape index (κ2) is 15.1. The first kappa shape index (κ1) is 24.4. The van der Waals surface area contributed by atoms with Gasteiger partial charge in [-0.1, -0.05) is 75.8 Å². The molecule has 2 rings (SSSR count). The second-order valence-corrected chi connectivity index (χ2v) is 7.56. The molecule has 0 aromatic heterocycles. The number of carbonyl (C=O) groups is 1. The first-order chi connectivity index (χ1) is 15.2. The van der Waals surface area contributed by atoms with E-state index in [9.17, 15) is 4.79 Å². The number of ether oxygens (including phenoxy) is 2. The molecule has 0 aliphatic carbocycles. The van der Waals surface area contributed by atoms with Crippen LogP contribution in [-0.2, 0) is 11.2 Å². The maximum Gasteiger partial charge on any atom is 0.244 e. The van der Waals surface area contributed by atoms with Gasteiger partial charge in [-0.25, -0.2) is 5.43 Å². The zero-order valence-corrected chi connectivity index (χ0v) is 18.9. The molecule has 168 valence electrons. The van der Waals surface area contributed by atoms with Crippen LogP contribution in [-0.4, -0.2) is 25.3 Å². The number of benzene rings is 2. The predicted molar refractivity (Wildman–Crippen MR) is 127 cm³/mol. The third-order valence-electron chi connectivity index (χ3n) is 4.88. The van der Waals surface area contributed by atoms with Gasteiger partial charge in [-0.2, -0.15) is 5.10 Å². The Morgan fingerprint density at radius 2 is 1.65 bits per heavy atom. The maximum absolute atomic E-state index is 12.0. The number of nitrogens with zero attached hydrogens (tertiary/aromatic N) is 1. The summed E-state index contributed by atoms with van der Waals surface area (Å²) in [5, 5.41) is 4.06. The van der Waals surface area contributed by atoms with Gasteiger partial charge in [0, 0.05) is 0 Å². The van der Waals surface area contributed by atoms with Crippen molar-refractivity contribution in [1.29, 1.82) is 0 Å². The molecule has 2 aromatic carbocycles. The summed E-state index contributed by atoms with van der Waals surface area (Å²) in [4.78, 5) is 12.0. The van der Waals surface area contributed by atoms with Crippen molar-refractivity contribution < 1.29 is 14.3 Å². The highest BCUT2D eigenvalue weighted by atomic mass is 16.5. The molecule has 0 spiro atoms. The molecule has 1 amide bonds. The van der Waals surface area contributed by atoms with E-state index in [1.807, 2.05) is 55.5 Å². The highest BCUT2D eigenvalue weighted by Gasteiger charge is 2.06. The fourth-order valence-electron chi connectivity index (χ4n) is 3.23. The highest BCUT2D eigenvalue weighted by Crippen LogP contribution is 2.28. The summed E-state index contributed by atoms with van der Waals surface area (Å²) in [6.07, 6.45) is 10.7. The summed E-state index contributed by atoms with van der Waals surface area (Å²) in [6.45, 7) is 5.44. The van der Waals surface area contributed by atoms with Crippen LogP contribution in [0.3, 0.4) is 0 Å². The van der Waals surface area contributed by atoms with Gasteiger partial charge in [0.2, 0.25) is 5.91 Å². The molecule has 0 heterocycles. The molecule has 0 bridgehead atoms. The van der Waals surface area contributed by atoms with E-state index in [0.717, 1.165) is 23.3 Å². The lowest BCUT2D eigenvalue weighted by Crippen LogP contribution is -2.19. The van der Waals surface area contributed by atoms with Gasteiger partial charge in [-0.15, -0.1) is 0 Å². The van der Waals surface area contributed by atoms with Crippen LogP contribution >= 0.6 is 0 Å². The quantitative estimate of drug-likeness (QED) is 0.220. The van der Waals surface area contributed by atoms with Gasteiger partial charge >= 0.3 is 0 Å². The molecule has 0 aliphatic heterocycles. The Labute approximate surface area is 186 Å². The Kier molecular flexibility index (Phi) is 11.9. The van der Waals surface area contributed by atoms with Crippen molar-refractivity contribution in [1.82, 2.24) is 5.43 Å². The minimum absolute atomic E-state index is 0.151. The zero-order chi connectivity index (χ0) is 22.2. The summed E-state index contributed by atoms with van der Waals surface area (Å²) < 4.78 is 11.7. The van der Waals surface area contributed by atoms with Crippen LogP contribution in [0.4, 0.5) is 0 Å². The molecule has 2 aromatic rings. The van der Waals surface area contributed by atoms with Gasteiger partial charge in [0.1, 0.15) is 0 Å². The minimum Gasteiger partial charge on any atom is -0.490 e. The van der Waals surface area contributed by atoms with E-state index in [0.29, 0.717) is 25.4 Å². The smallest absolute Gasteiger partial charge is 0.244 e. The molecule has 0 aliphatic rings. The molecule has 31 heavy (non-hydrogen) atoms. The van der Waals surface area contributed by atoms with Crippen LogP contribution in [0.15, 0.2) is 53.6 Å². The molecule has 1 N–H and O–H groups in total. The van der Waals surface area contributed by atoms with Crippen LogP contribution in [0.5, 0.6) is 11.5 Å². The van der Waals surface area contributed by atoms with Gasteiger partial charge in [-0.05, 0) is 42.7 Å². The van der Waals surface area contributed by atoms with E-state index in [2.05, 4.69) is 17.5 Å². The Balaban J connectivity index is 1.79. The Bertz CT molecular complexity index is 790. The van der Waals surface area contributed by atoms with Crippen LogP contribution in [0.1, 0.15) is 69.9 Å². The molecule has 0 fully saturated rings. The maximum atomic E-state index is 12.0. The van der Waals surface area contributed by atoms with Crippen LogP contribution < -0.4 is 14.9 Å². The van der Waals surface area contributed by atoms with Gasteiger partial charge in [0.25, 0.3) is 0 Å². The van der Waals surface area contributed by atoms with Crippen LogP contribution in [0.25, 0.3) is 0 Å². The topological polar surface area (TPSA) is 59.9 Å². The molecule has 5 nitrogen and oxygen atoms in total. The number of rotatable bonds is 15. The molecule has 0 saturated heterocycles. The normalized spacial score (nSPS) is 10.9. The summed E-state index contributed by atoms with van der Waals surface area (Å²) in [5.41, 5.74) is 4.37. The van der Waals surface area contributed by atoms with Crippen molar-refractivity contribution in [3.8, 4) is 11.5 Å². The summed E-state index contributed by atoms with van der Waals surface area (Å²) in [6, 6.07) is 15.3. The van der Waals surface area contributed by atoms with Gasteiger partial charge in [-0.3, -0.25) is 4.79 Å². The van der Waals surface area contributed by atoms with Gasteiger partial charge in [0.05, 0.1) is 25.8 Å². The first-order valence-electron chi connectivity index (χ1n) is 11.5. The Morgan fingerprint density at radius 1 is 0.903 bits per heavy atom. The minimum atomic E-state index is -0.151. The third-order valence-corrected chi connectivity index (χ3v) is 4.88. The van der Waals surface area contributed by atoms with E-state index in [-0.39, 0.29) is 5.91 Å². The fraction of sp³-hybridized carbons (Fsp3) is 0.462.